The van der Waals surface area contributed by atoms with Crippen LogP contribution in [0.5, 0.6) is 0 Å². The van der Waals surface area contributed by atoms with E-state index in [4.69, 9.17) is 5.41 Å². The van der Waals surface area contributed by atoms with Crippen molar-refractivity contribution >= 4 is 17.2 Å². The normalized spacial score (nSPS) is 18.1. The summed E-state index contributed by atoms with van der Waals surface area (Å²) < 4.78 is 0. The molecule has 1 N–H and O–H groups in total. The Kier molecular flexibility index (Phi) is 3.07. The first kappa shape index (κ1) is 10.6. The lowest BCUT2D eigenvalue weighted by atomic mass is 10.2. The van der Waals surface area contributed by atoms with Gasteiger partial charge in [-0.15, -0.1) is 0 Å². The van der Waals surface area contributed by atoms with E-state index in [0.29, 0.717) is 5.84 Å². The highest BCUT2D eigenvalue weighted by Crippen LogP contribution is 2.16. The number of likely N-dealkylation sites (N-methyl/N-ethyl adjacent to an activating group) is 1. The molecule has 0 atom stereocenters. The van der Waals surface area contributed by atoms with Crippen LogP contribution in [0.2, 0.25) is 0 Å². The molecule has 2 heterocycles. The summed E-state index contributed by atoms with van der Waals surface area (Å²) in [5.74, 6) is 0.696. The molecule has 4 heteroatoms. The lowest BCUT2D eigenvalue weighted by Crippen LogP contribution is -2.47. The van der Waals surface area contributed by atoms with E-state index < -0.39 is 0 Å². The first-order valence-electron chi connectivity index (χ1n) is 5.23. The lowest BCUT2D eigenvalue weighted by Gasteiger charge is -2.34. The van der Waals surface area contributed by atoms with Gasteiger partial charge in [0.05, 0.1) is 0 Å². The molecule has 2 rings (SSSR count). The fourth-order valence-electron chi connectivity index (χ4n) is 1.80. The SMILES string of the molecule is Cc1cscc1C(=N)N1CCN(C)CC1. The molecule has 0 amide bonds. The van der Waals surface area contributed by atoms with Crippen molar-refractivity contribution in [1.29, 1.82) is 5.41 Å². The van der Waals surface area contributed by atoms with Crippen LogP contribution in [-0.4, -0.2) is 48.9 Å². The van der Waals surface area contributed by atoms with Gasteiger partial charge in [-0.25, -0.2) is 0 Å². The number of aryl methyl sites for hydroxylation is 1. The quantitative estimate of drug-likeness (QED) is 0.579. The molecule has 0 unspecified atom stereocenters. The molecule has 1 aliphatic rings. The smallest absolute Gasteiger partial charge is 0.129 e. The number of thiophene rings is 1. The molecule has 0 aliphatic carbocycles. The van der Waals surface area contributed by atoms with Gasteiger partial charge in [0.2, 0.25) is 0 Å². The molecule has 0 spiro atoms. The zero-order chi connectivity index (χ0) is 10.8. The van der Waals surface area contributed by atoms with Crippen molar-refractivity contribution in [1.82, 2.24) is 9.80 Å². The minimum atomic E-state index is 0.696. The standard InChI is InChI=1S/C11H17N3S/c1-9-7-15-8-10(9)11(12)14-5-3-13(2)4-6-14/h7-8,12H,3-6H2,1-2H3. The zero-order valence-corrected chi connectivity index (χ0v) is 10.1. The molecule has 0 aromatic carbocycles. The van der Waals surface area contributed by atoms with E-state index in [2.05, 4.69) is 34.5 Å². The Labute approximate surface area is 94.8 Å². The predicted molar refractivity (Wildman–Crippen MR) is 65.0 cm³/mol. The summed E-state index contributed by atoms with van der Waals surface area (Å²) in [6, 6.07) is 0. The van der Waals surface area contributed by atoms with Crippen LogP contribution in [-0.2, 0) is 0 Å². The van der Waals surface area contributed by atoms with Gasteiger partial charge >= 0.3 is 0 Å². The highest BCUT2D eigenvalue weighted by Gasteiger charge is 2.18. The molecule has 0 saturated carbocycles. The van der Waals surface area contributed by atoms with Crippen LogP contribution < -0.4 is 0 Å². The third-order valence-corrected chi connectivity index (χ3v) is 3.79. The Hall–Kier alpha value is -0.870. The number of rotatable bonds is 1. The van der Waals surface area contributed by atoms with Crippen molar-refractivity contribution in [2.75, 3.05) is 33.2 Å². The van der Waals surface area contributed by atoms with Gasteiger partial charge in [-0.05, 0) is 24.9 Å². The molecule has 0 bridgehead atoms. The number of nitrogens with zero attached hydrogens (tertiary/aromatic N) is 2. The molecule has 82 valence electrons. The molecule has 15 heavy (non-hydrogen) atoms. The van der Waals surface area contributed by atoms with Crippen molar-refractivity contribution in [3.63, 3.8) is 0 Å². The molecule has 1 aliphatic heterocycles. The molecular weight excluding hydrogens is 206 g/mol. The average Bonchev–Trinajstić information content (AvgIpc) is 2.65. The Morgan fingerprint density at radius 3 is 2.47 bits per heavy atom. The second kappa shape index (κ2) is 4.33. The Morgan fingerprint density at radius 2 is 1.93 bits per heavy atom. The molecule has 1 aromatic heterocycles. The maximum atomic E-state index is 8.16. The van der Waals surface area contributed by atoms with Crippen LogP contribution in [0, 0.1) is 12.3 Å². The van der Waals surface area contributed by atoms with Crippen LogP contribution in [0.3, 0.4) is 0 Å². The van der Waals surface area contributed by atoms with E-state index in [1.807, 2.05) is 0 Å². The number of nitrogens with one attached hydrogen (secondary N) is 1. The third-order valence-electron chi connectivity index (χ3n) is 2.93. The van der Waals surface area contributed by atoms with Gasteiger partial charge in [0, 0.05) is 37.1 Å². The lowest BCUT2D eigenvalue weighted by molar-refractivity contribution is 0.215. The average molecular weight is 223 g/mol. The highest BCUT2D eigenvalue weighted by atomic mass is 32.1. The van der Waals surface area contributed by atoms with Crippen molar-refractivity contribution in [3.8, 4) is 0 Å². The summed E-state index contributed by atoms with van der Waals surface area (Å²) in [6.07, 6.45) is 0. The maximum absolute atomic E-state index is 8.16. The second-order valence-electron chi connectivity index (χ2n) is 4.11. The summed E-state index contributed by atoms with van der Waals surface area (Å²) in [4.78, 5) is 4.49. The second-order valence-corrected chi connectivity index (χ2v) is 4.85. The van der Waals surface area contributed by atoms with Crippen molar-refractivity contribution < 1.29 is 0 Å². The minimum absolute atomic E-state index is 0.696. The van der Waals surface area contributed by atoms with Crippen molar-refractivity contribution in [3.05, 3.63) is 21.9 Å². The van der Waals surface area contributed by atoms with E-state index in [1.165, 1.54) is 5.56 Å². The molecule has 3 nitrogen and oxygen atoms in total. The van der Waals surface area contributed by atoms with E-state index >= 15 is 0 Å². The van der Waals surface area contributed by atoms with Gasteiger partial charge in [0.1, 0.15) is 5.84 Å². The molecular formula is C11H17N3S. The first-order chi connectivity index (χ1) is 7.18. The fraction of sp³-hybridized carbons (Fsp3) is 0.545. The Balaban J connectivity index is 2.06. The molecule has 0 radical (unpaired) electrons. The van der Waals surface area contributed by atoms with Gasteiger partial charge < -0.3 is 9.80 Å². The third kappa shape index (κ3) is 2.21. The van der Waals surface area contributed by atoms with Gasteiger partial charge in [0.25, 0.3) is 0 Å². The number of hydrogen-bond acceptors (Lipinski definition) is 3. The van der Waals surface area contributed by atoms with Crippen LogP contribution in [0.1, 0.15) is 11.1 Å². The monoisotopic (exact) mass is 223 g/mol. The molecule has 1 fully saturated rings. The van der Waals surface area contributed by atoms with E-state index in [9.17, 15) is 0 Å². The van der Waals surface area contributed by atoms with Crippen LogP contribution in [0.25, 0.3) is 0 Å². The maximum Gasteiger partial charge on any atom is 0.129 e. The van der Waals surface area contributed by atoms with Crippen LogP contribution >= 0.6 is 11.3 Å². The van der Waals surface area contributed by atoms with Crippen molar-refractivity contribution in [2.45, 2.75) is 6.92 Å². The van der Waals surface area contributed by atoms with E-state index in [1.54, 1.807) is 11.3 Å². The summed E-state index contributed by atoms with van der Waals surface area (Å²) in [6.45, 7) is 6.16. The van der Waals surface area contributed by atoms with Crippen molar-refractivity contribution in [2.24, 2.45) is 0 Å². The zero-order valence-electron chi connectivity index (χ0n) is 9.29. The van der Waals surface area contributed by atoms with Gasteiger partial charge in [-0.3, -0.25) is 5.41 Å². The van der Waals surface area contributed by atoms with E-state index in [-0.39, 0.29) is 0 Å². The summed E-state index contributed by atoms with van der Waals surface area (Å²) in [5.41, 5.74) is 2.33. The predicted octanol–water partition coefficient (Wildman–Crippen LogP) is 1.63. The van der Waals surface area contributed by atoms with Gasteiger partial charge in [-0.2, -0.15) is 11.3 Å². The number of hydrogen-bond donors (Lipinski definition) is 1. The molecule has 1 saturated heterocycles. The number of piperazine rings is 1. The highest BCUT2D eigenvalue weighted by molar-refractivity contribution is 7.08. The summed E-state index contributed by atoms with van der Waals surface area (Å²) >= 11 is 1.68. The van der Waals surface area contributed by atoms with Gasteiger partial charge in [-0.1, -0.05) is 0 Å². The van der Waals surface area contributed by atoms with E-state index in [0.717, 1.165) is 31.7 Å². The van der Waals surface area contributed by atoms with Crippen LogP contribution in [0.15, 0.2) is 10.8 Å². The first-order valence-corrected chi connectivity index (χ1v) is 6.18. The Bertz CT molecular complexity index is 350. The fourth-order valence-corrected chi connectivity index (χ4v) is 2.64. The minimum Gasteiger partial charge on any atom is -0.354 e. The number of amidine groups is 1. The molecule has 1 aromatic rings. The topological polar surface area (TPSA) is 30.3 Å². The largest absolute Gasteiger partial charge is 0.354 e. The summed E-state index contributed by atoms with van der Waals surface area (Å²) in [7, 11) is 2.14. The summed E-state index contributed by atoms with van der Waals surface area (Å²) in [5, 5.41) is 12.4. The Morgan fingerprint density at radius 1 is 1.27 bits per heavy atom. The van der Waals surface area contributed by atoms with Gasteiger partial charge in [0.15, 0.2) is 0 Å². The van der Waals surface area contributed by atoms with Crippen LogP contribution in [0.4, 0.5) is 0 Å².